The van der Waals surface area contributed by atoms with Crippen LogP contribution in [0.4, 0.5) is 0 Å². The van der Waals surface area contributed by atoms with Gasteiger partial charge in [0, 0.05) is 24.2 Å². The summed E-state index contributed by atoms with van der Waals surface area (Å²) in [7, 11) is -3.17. The number of piperidine rings is 1. The van der Waals surface area contributed by atoms with Crippen molar-refractivity contribution >= 4 is 39.1 Å². The number of carbonyl (C=O) groups excluding carboxylic acids is 1. The van der Waals surface area contributed by atoms with Crippen molar-refractivity contribution in [3.05, 3.63) is 33.8 Å². The zero-order chi connectivity index (χ0) is 18.6. The molecule has 1 amide bonds. The second-order valence-corrected chi connectivity index (χ2v) is 9.39. The van der Waals surface area contributed by atoms with Crippen molar-refractivity contribution in [3.63, 3.8) is 0 Å². The maximum absolute atomic E-state index is 12.3. The lowest BCUT2D eigenvalue weighted by Crippen LogP contribution is -2.47. The summed E-state index contributed by atoms with van der Waals surface area (Å²) in [4.78, 5) is 12.3. The third-order valence-electron chi connectivity index (χ3n) is 4.47. The highest BCUT2D eigenvalue weighted by molar-refractivity contribution is 7.89. The monoisotopic (exact) mass is 406 g/mol. The van der Waals surface area contributed by atoms with Gasteiger partial charge < -0.3 is 5.32 Å². The molecule has 0 aliphatic carbocycles. The minimum absolute atomic E-state index is 0.0497. The Hall–Kier alpha value is -0.820. The van der Waals surface area contributed by atoms with Gasteiger partial charge in [-0.25, -0.2) is 8.42 Å². The molecule has 1 saturated heterocycles. The van der Waals surface area contributed by atoms with Gasteiger partial charge in [0.25, 0.3) is 5.91 Å². The van der Waals surface area contributed by atoms with Gasteiger partial charge in [-0.1, -0.05) is 30.1 Å². The fraction of sp³-hybridized carbons (Fsp3) is 0.588. The first-order valence-electron chi connectivity index (χ1n) is 8.47. The molecule has 0 aromatic heterocycles. The van der Waals surface area contributed by atoms with Gasteiger partial charge in [0.2, 0.25) is 10.0 Å². The number of rotatable bonds is 6. The Morgan fingerprint density at radius 1 is 1.36 bits per heavy atom. The van der Waals surface area contributed by atoms with Gasteiger partial charge in [0.15, 0.2) is 0 Å². The maximum Gasteiger partial charge on any atom is 0.252 e. The minimum atomic E-state index is -3.17. The largest absolute Gasteiger partial charge is 0.352 e. The van der Waals surface area contributed by atoms with E-state index in [1.165, 1.54) is 6.07 Å². The molecule has 1 aliphatic rings. The fourth-order valence-corrected chi connectivity index (χ4v) is 5.49. The summed E-state index contributed by atoms with van der Waals surface area (Å²) < 4.78 is 26.1. The lowest BCUT2D eigenvalue weighted by atomic mass is 9.93. The van der Waals surface area contributed by atoms with Crippen LogP contribution < -0.4 is 5.32 Å². The molecule has 1 aromatic carbocycles. The van der Waals surface area contributed by atoms with Crippen molar-refractivity contribution in [3.8, 4) is 0 Å². The average molecular weight is 407 g/mol. The summed E-state index contributed by atoms with van der Waals surface area (Å²) in [6, 6.07) is 4.72. The van der Waals surface area contributed by atoms with Gasteiger partial charge in [-0.2, -0.15) is 4.31 Å². The zero-order valence-corrected chi connectivity index (χ0v) is 16.8. The number of amides is 1. The van der Waals surface area contributed by atoms with E-state index in [0.717, 1.165) is 12.8 Å². The Morgan fingerprint density at radius 3 is 2.68 bits per heavy atom. The second-order valence-electron chi connectivity index (χ2n) is 6.50. The molecule has 8 heteroatoms. The van der Waals surface area contributed by atoms with Crippen LogP contribution in [0.2, 0.25) is 10.0 Å². The lowest BCUT2D eigenvalue weighted by Gasteiger charge is -2.36. The molecule has 2 atom stereocenters. The van der Waals surface area contributed by atoms with Crippen LogP contribution in [0.15, 0.2) is 18.2 Å². The Balaban J connectivity index is 1.90. The van der Waals surface area contributed by atoms with Gasteiger partial charge in [0.1, 0.15) is 0 Å². The predicted molar refractivity (Wildman–Crippen MR) is 102 cm³/mol. The summed E-state index contributed by atoms with van der Waals surface area (Å²) in [5.41, 5.74) is 0.391. The normalized spacial score (nSPS) is 21.9. The third kappa shape index (κ3) is 5.33. The van der Waals surface area contributed by atoms with Crippen molar-refractivity contribution in [2.24, 2.45) is 5.92 Å². The molecule has 0 spiro atoms. The molecule has 1 heterocycles. The summed E-state index contributed by atoms with van der Waals surface area (Å²) in [6.07, 6.45) is 2.09. The van der Waals surface area contributed by atoms with Gasteiger partial charge in [-0.05, 0) is 50.3 Å². The summed E-state index contributed by atoms with van der Waals surface area (Å²) >= 11 is 11.9. The molecular formula is C17H24Cl2N2O3S. The highest BCUT2D eigenvalue weighted by atomic mass is 35.5. The number of hydrogen-bond acceptors (Lipinski definition) is 3. The summed E-state index contributed by atoms with van der Waals surface area (Å²) in [5.74, 6) is 0.196. The molecule has 5 nitrogen and oxygen atoms in total. The number of nitrogens with one attached hydrogen (secondary N) is 1. The van der Waals surface area contributed by atoms with Gasteiger partial charge in [-0.15, -0.1) is 0 Å². The number of benzene rings is 1. The minimum Gasteiger partial charge on any atom is -0.352 e. The van der Waals surface area contributed by atoms with Crippen LogP contribution in [0.1, 0.15) is 43.5 Å². The van der Waals surface area contributed by atoms with E-state index in [2.05, 4.69) is 5.32 Å². The number of carbonyl (C=O) groups is 1. The number of hydrogen-bond donors (Lipinski definition) is 1. The van der Waals surface area contributed by atoms with E-state index in [1.54, 1.807) is 16.4 Å². The number of halogens is 2. The summed E-state index contributed by atoms with van der Waals surface area (Å²) in [5, 5.41) is 3.69. The molecule has 25 heavy (non-hydrogen) atoms. The highest BCUT2D eigenvalue weighted by Gasteiger charge is 2.32. The molecule has 0 radical (unpaired) electrons. The van der Waals surface area contributed by atoms with Crippen LogP contribution in [0.3, 0.4) is 0 Å². The van der Waals surface area contributed by atoms with E-state index in [-0.39, 0.29) is 23.6 Å². The van der Waals surface area contributed by atoms with Crippen LogP contribution in [-0.4, -0.2) is 43.5 Å². The van der Waals surface area contributed by atoms with E-state index in [4.69, 9.17) is 23.2 Å². The van der Waals surface area contributed by atoms with Gasteiger partial charge in [-0.3, -0.25) is 4.79 Å². The highest BCUT2D eigenvalue weighted by Crippen LogP contribution is 2.26. The van der Waals surface area contributed by atoms with Crippen molar-refractivity contribution < 1.29 is 13.2 Å². The first kappa shape index (κ1) is 20.5. The van der Waals surface area contributed by atoms with Crippen molar-refractivity contribution in [2.45, 2.75) is 39.2 Å². The van der Waals surface area contributed by atoms with Crippen LogP contribution >= 0.6 is 23.2 Å². The van der Waals surface area contributed by atoms with E-state index >= 15 is 0 Å². The van der Waals surface area contributed by atoms with Crippen LogP contribution in [-0.2, 0) is 10.0 Å². The molecule has 1 N–H and O–H groups in total. The first-order valence-corrected chi connectivity index (χ1v) is 10.8. The Morgan fingerprint density at radius 2 is 2.08 bits per heavy atom. The molecule has 2 rings (SSSR count). The predicted octanol–water partition coefficient (Wildman–Crippen LogP) is 3.56. The van der Waals surface area contributed by atoms with Crippen molar-refractivity contribution in [1.82, 2.24) is 9.62 Å². The van der Waals surface area contributed by atoms with Gasteiger partial charge in [0.05, 0.1) is 16.3 Å². The molecular weight excluding hydrogens is 383 g/mol. The quantitative estimate of drug-likeness (QED) is 0.784. The first-order chi connectivity index (χ1) is 11.7. The van der Waals surface area contributed by atoms with E-state index < -0.39 is 10.0 Å². The van der Waals surface area contributed by atoms with Crippen LogP contribution in [0.5, 0.6) is 0 Å². The molecule has 2 unspecified atom stereocenters. The SMILES string of the molecule is CCCS(=O)(=O)N1CCC(CNC(=O)c2ccc(Cl)cc2Cl)CC1C. The zero-order valence-electron chi connectivity index (χ0n) is 14.5. The topological polar surface area (TPSA) is 66.5 Å². The van der Waals surface area contributed by atoms with Gasteiger partial charge >= 0.3 is 0 Å². The summed E-state index contributed by atoms with van der Waals surface area (Å²) in [6.45, 7) is 4.80. The average Bonchev–Trinajstić information content (AvgIpc) is 2.52. The molecule has 1 aliphatic heterocycles. The number of sulfonamides is 1. The Bertz CT molecular complexity index is 725. The standard InChI is InChI=1S/C17H24Cl2N2O3S/c1-3-8-25(23,24)21-7-6-13(9-12(21)2)11-20-17(22)15-5-4-14(18)10-16(15)19/h4-5,10,12-13H,3,6-9,11H2,1-2H3,(H,20,22). The van der Waals surface area contributed by atoms with Crippen molar-refractivity contribution in [2.75, 3.05) is 18.8 Å². The van der Waals surface area contributed by atoms with Crippen LogP contribution in [0, 0.1) is 5.92 Å². The van der Waals surface area contributed by atoms with E-state index in [1.807, 2.05) is 13.8 Å². The molecule has 1 aromatic rings. The number of nitrogens with zero attached hydrogens (tertiary/aromatic N) is 1. The fourth-order valence-electron chi connectivity index (χ4n) is 3.23. The smallest absolute Gasteiger partial charge is 0.252 e. The van der Waals surface area contributed by atoms with E-state index in [9.17, 15) is 13.2 Å². The second kappa shape index (κ2) is 8.71. The Labute approximate surface area is 159 Å². The van der Waals surface area contributed by atoms with Crippen molar-refractivity contribution in [1.29, 1.82) is 0 Å². The maximum atomic E-state index is 12.3. The third-order valence-corrected chi connectivity index (χ3v) is 7.20. The Kier molecular flexibility index (Phi) is 7.14. The van der Waals surface area contributed by atoms with Crippen LogP contribution in [0.25, 0.3) is 0 Å². The molecule has 0 bridgehead atoms. The molecule has 0 saturated carbocycles. The molecule has 1 fully saturated rings. The van der Waals surface area contributed by atoms with E-state index in [0.29, 0.717) is 35.1 Å². The molecule has 140 valence electrons. The lowest BCUT2D eigenvalue weighted by molar-refractivity contribution is 0.0936.